The molecule has 3 atom stereocenters. The number of ether oxygens (including phenoxy) is 1. The van der Waals surface area contributed by atoms with E-state index in [-0.39, 0.29) is 25.7 Å². The fourth-order valence-electron chi connectivity index (χ4n) is 1.24. The lowest BCUT2D eigenvalue weighted by Crippen LogP contribution is -2.47. The molecule has 1 rings (SSSR count). The molecule has 0 aliphatic carbocycles. The van der Waals surface area contributed by atoms with E-state index in [1.165, 1.54) is 0 Å². The Morgan fingerprint density at radius 1 is 1.44 bits per heavy atom. The summed E-state index contributed by atoms with van der Waals surface area (Å²) >= 11 is 0. The van der Waals surface area contributed by atoms with Crippen molar-refractivity contribution in [3.8, 4) is 6.07 Å². The van der Waals surface area contributed by atoms with Crippen molar-refractivity contribution in [2.75, 3.05) is 19.8 Å². The van der Waals surface area contributed by atoms with E-state index in [4.69, 9.17) is 30.6 Å². The van der Waals surface area contributed by atoms with Crippen LogP contribution in [0.1, 0.15) is 12.8 Å². The molecule has 0 aromatic heterocycles. The summed E-state index contributed by atoms with van der Waals surface area (Å²) in [7, 11) is -2.26. The van der Waals surface area contributed by atoms with Crippen LogP contribution in [0.4, 0.5) is 0 Å². The first-order chi connectivity index (χ1) is 8.52. The van der Waals surface area contributed by atoms with Crippen LogP contribution < -0.4 is 5.73 Å². The van der Waals surface area contributed by atoms with Crippen LogP contribution >= 0.6 is 8.60 Å². The molecule has 106 valence electrons. The van der Waals surface area contributed by atoms with Crippen LogP contribution in [0.2, 0.25) is 0 Å². The average molecular weight is 282 g/mol. The predicted octanol–water partition coefficient (Wildman–Crippen LogP) is -1.42. The normalized spacial score (nSPS) is 27.3. The van der Waals surface area contributed by atoms with Crippen LogP contribution in [0, 0.1) is 11.3 Å². The minimum atomic E-state index is -2.26. The van der Waals surface area contributed by atoms with Crippen molar-refractivity contribution in [2.45, 2.75) is 31.2 Å². The van der Waals surface area contributed by atoms with Gasteiger partial charge in [-0.15, -0.1) is 0 Å². The Bertz CT molecular complexity index is 250. The molecule has 0 saturated carbocycles. The molecule has 0 spiro atoms. The summed E-state index contributed by atoms with van der Waals surface area (Å²) in [5.41, 5.74) is 5.26. The summed E-state index contributed by atoms with van der Waals surface area (Å²) < 4.78 is 9.31. The highest BCUT2D eigenvalue weighted by Gasteiger charge is 2.29. The second-order valence-electron chi connectivity index (χ2n) is 3.49. The van der Waals surface area contributed by atoms with Crippen molar-refractivity contribution < 1.29 is 29.3 Å². The Balaban J connectivity index is 0.000000331. The van der Waals surface area contributed by atoms with Gasteiger partial charge in [0.1, 0.15) is 6.10 Å². The topological polar surface area (TPSA) is 149 Å². The molecular weight excluding hydrogens is 263 g/mol. The van der Waals surface area contributed by atoms with E-state index in [2.05, 4.69) is 4.52 Å². The first-order valence-electron chi connectivity index (χ1n) is 5.38. The standard InChI is InChI=1S/C6H13NO3.C3H6NO3P/c7-3-5-6(9)4(8)1-2-10-5;4-2-1-3-7-8(5)6/h4-6,8-9H,1-3,7H2;5-6H,1,3H2. The summed E-state index contributed by atoms with van der Waals surface area (Å²) in [6, 6.07) is 1.79. The Morgan fingerprint density at radius 2 is 2.11 bits per heavy atom. The van der Waals surface area contributed by atoms with Crippen molar-refractivity contribution >= 4 is 8.60 Å². The van der Waals surface area contributed by atoms with Crippen molar-refractivity contribution in [1.82, 2.24) is 0 Å². The molecule has 18 heavy (non-hydrogen) atoms. The molecule has 0 bridgehead atoms. The number of aliphatic hydroxyl groups is 2. The highest BCUT2D eigenvalue weighted by molar-refractivity contribution is 7.39. The van der Waals surface area contributed by atoms with Crippen LogP contribution in [0.25, 0.3) is 0 Å². The summed E-state index contributed by atoms with van der Waals surface area (Å²) in [5, 5.41) is 26.2. The maximum absolute atomic E-state index is 9.18. The minimum Gasteiger partial charge on any atom is -0.390 e. The molecule has 0 amide bonds. The summed E-state index contributed by atoms with van der Waals surface area (Å²) in [6.45, 7) is 0.841. The average Bonchev–Trinajstić information content (AvgIpc) is 2.33. The lowest BCUT2D eigenvalue weighted by molar-refractivity contribution is -0.130. The third-order valence-electron chi connectivity index (χ3n) is 2.17. The van der Waals surface area contributed by atoms with E-state index in [0.29, 0.717) is 13.0 Å². The van der Waals surface area contributed by atoms with Crippen molar-refractivity contribution in [3.05, 3.63) is 0 Å². The van der Waals surface area contributed by atoms with E-state index in [1.807, 2.05) is 0 Å². The minimum absolute atomic E-state index is 0.0925. The number of hydrogen-bond acceptors (Lipinski definition) is 8. The van der Waals surface area contributed by atoms with Gasteiger partial charge in [0.15, 0.2) is 0 Å². The summed E-state index contributed by atoms with van der Waals surface area (Å²) in [5.74, 6) is 0. The number of nitrogens with two attached hydrogens (primary N) is 1. The molecule has 1 heterocycles. The molecule has 8 nitrogen and oxygen atoms in total. The van der Waals surface area contributed by atoms with Gasteiger partial charge in [-0.2, -0.15) is 5.26 Å². The highest BCUT2D eigenvalue weighted by atomic mass is 31.2. The molecule has 6 N–H and O–H groups in total. The zero-order valence-electron chi connectivity index (χ0n) is 9.84. The maximum Gasteiger partial charge on any atom is 0.327 e. The second-order valence-corrected chi connectivity index (χ2v) is 4.25. The van der Waals surface area contributed by atoms with E-state index in [9.17, 15) is 5.11 Å². The lowest BCUT2D eigenvalue weighted by atomic mass is 10.0. The van der Waals surface area contributed by atoms with Crippen LogP contribution in [0.3, 0.4) is 0 Å². The van der Waals surface area contributed by atoms with Gasteiger partial charge < -0.3 is 35.0 Å². The zero-order valence-corrected chi connectivity index (χ0v) is 10.7. The van der Waals surface area contributed by atoms with E-state index < -0.39 is 20.8 Å². The van der Waals surface area contributed by atoms with Crippen LogP contribution in [-0.2, 0) is 9.26 Å². The third-order valence-corrected chi connectivity index (χ3v) is 2.59. The second kappa shape index (κ2) is 10.6. The number of hydrogen-bond donors (Lipinski definition) is 5. The van der Waals surface area contributed by atoms with Crippen molar-refractivity contribution in [1.29, 1.82) is 5.26 Å². The molecule has 1 aliphatic heterocycles. The Morgan fingerprint density at radius 3 is 2.56 bits per heavy atom. The van der Waals surface area contributed by atoms with Crippen LogP contribution in [-0.4, -0.2) is 58.1 Å². The molecule has 1 fully saturated rings. The highest BCUT2D eigenvalue weighted by Crippen LogP contribution is 2.23. The van der Waals surface area contributed by atoms with Crippen molar-refractivity contribution in [3.63, 3.8) is 0 Å². The fourth-order valence-corrected chi connectivity index (χ4v) is 1.49. The first-order valence-corrected chi connectivity index (χ1v) is 6.55. The Labute approximate surface area is 107 Å². The SMILES string of the molecule is N#CCCOP(O)O.NCC1OCCC(O)C1O. The predicted molar refractivity (Wildman–Crippen MR) is 63.0 cm³/mol. The molecule has 1 aliphatic rings. The van der Waals surface area contributed by atoms with Gasteiger partial charge in [0, 0.05) is 13.2 Å². The Kier molecular flexibility index (Phi) is 10.3. The number of aliphatic hydroxyl groups excluding tert-OH is 2. The lowest BCUT2D eigenvalue weighted by Gasteiger charge is -2.30. The zero-order chi connectivity index (χ0) is 14.0. The fraction of sp³-hybridized carbons (Fsp3) is 0.889. The Hall–Kier alpha value is -0.360. The van der Waals surface area contributed by atoms with E-state index >= 15 is 0 Å². The van der Waals surface area contributed by atoms with Gasteiger partial charge in [-0.3, -0.25) is 0 Å². The molecular formula is C9H19N2O6P. The molecule has 0 radical (unpaired) electrons. The monoisotopic (exact) mass is 282 g/mol. The molecule has 9 heteroatoms. The van der Waals surface area contributed by atoms with Gasteiger partial charge in [-0.1, -0.05) is 0 Å². The van der Waals surface area contributed by atoms with Crippen molar-refractivity contribution in [2.24, 2.45) is 5.73 Å². The van der Waals surface area contributed by atoms with Gasteiger partial charge in [0.05, 0.1) is 31.3 Å². The molecule has 0 aromatic rings. The largest absolute Gasteiger partial charge is 0.390 e. The van der Waals surface area contributed by atoms with Gasteiger partial charge in [0.2, 0.25) is 0 Å². The van der Waals surface area contributed by atoms with E-state index in [0.717, 1.165) is 0 Å². The van der Waals surface area contributed by atoms with Gasteiger partial charge in [-0.25, -0.2) is 0 Å². The summed E-state index contributed by atoms with van der Waals surface area (Å²) in [6.07, 6.45) is -1.16. The van der Waals surface area contributed by atoms with Crippen LogP contribution in [0.15, 0.2) is 0 Å². The molecule has 3 unspecified atom stereocenters. The number of rotatable bonds is 4. The number of nitriles is 1. The summed E-state index contributed by atoms with van der Waals surface area (Å²) in [4.78, 5) is 16.1. The first kappa shape index (κ1) is 17.6. The quantitative estimate of drug-likeness (QED) is 0.311. The smallest absolute Gasteiger partial charge is 0.327 e. The van der Waals surface area contributed by atoms with Gasteiger partial charge >= 0.3 is 8.60 Å². The molecule has 1 saturated heterocycles. The van der Waals surface area contributed by atoms with E-state index in [1.54, 1.807) is 6.07 Å². The molecule has 0 aromatic carbocycles. The maximum atomic E-state index is 9.18. The van der Waals surface area contributed by atoms with Gasteiger partial charge in [-0.05, 0) is 6.42 Å². The van der Waals surface area contributed by atoms with Crippen LogP contribution in [0.5, 0.6) is 0 Å². The number of nitrogens with zero attached hydrogens (tertiary/aromatic N) is 1. The third kappa shape index (κ3) is 7.87. The van der Waals surface area contributed by atoms with Gasteiger partial charge in [0.25, 0.3) is 0 Å².